The number of halogens is 1. The highest BCUT2D eigenvalue weighted by Gasteiger charge is 2.04. The molecule has 0 aromatic heterocycles. The normalized spacial score (nSPS) is 11.5. The van der Waals surface area contributed by atoms with Crippen LogP contribution in [0.15, 0.2) is 22.7 Å². The molecule has 1 atom stereocenters. The zero-order valence-corrected chi connectivity index (χ0v) is 10.9. The molecule has 0 spiro atoms. The Bertz CT molecular complexity index is 387. The lowest BCUT2D eigenvalue weighted by Crippen LogP contribution is -1.97. The minimum absolute atomic E-state index is 0.398. The van der Waals surface area contributed by atoms with E-state index in [1.165, 1.54) is 5.56 Å². The first-order chi connectivity index (χ1) is 7.17. The van der Waals surface area contributed by atoms with Crippen molar-refractivity contribution >= 4 is 15.9 Å². The second-order valence-electron chi connectivity index (χ2n) is 3.47. The standard InChI is InChI=1S/C13H15BrO/c1-4-5-10(2)8-11-6-7-13(15-3)12(14)9-11/h6-7,9-10H,8H2,1-3H3. The largest absolute Gasteiger partial charge is 0.496 e. The maximum absolute atomic E-state index is 5.18. The van der Waals surface area contributed by atoms with Gasteiger partial charge in [-0.3, -0.25) is 0 Å². The summed E-state index contributed by atoms with van der Waals surface area (Å²) < 4.78 is 6.18. The lowest BCUT2D eigenvalue weighted by atomic mass is 10.0. The summed E-state index contributed by atoms with van der Waals surface area (Å²) in [7, 11) is 1.67. The fourth-order valence-corrected chi connectivity index (χ4v) is 2.08. The quantitative estimate of drug-likeness (QED) is 0.759. The summed E-state index contributed by atoms with van der Waals surface area (Å²) >= 11 is 3.48. The number of hydrogen-bond acceptors (Lipinski definition) is 1. The molecule has 0 radical (unpaired) electrons. The van der Waals surface area contributed by atoms with Crippen LogP contribution in [0, 0.1) is 17.8 Å². The average Bonchev–Trinajstić information content (AvgIpc) is 2.18. The molecule has 0 aliphatic rings. The van der Waals surface area contributed by atoms with Crippen LogP contribution in [0.25, 0.3) is 0 Å². The third-order valence-electron chi connectivity index (χ3n) is 2.15. The molecule has 1 rings (SSSR count). The monoisotopic (exact) mass is 266 g/mol. The summed E-state index contributed by atoms with van der Waals surface area (Å²) in [6.45, 7) is 4.01. The summed E-state index contributed by atoms with van der Waals surface area (Å²) in [5.74, 6) is 7.35. The minimum atomic E-state index is 0.398. The molecule has 0 aliphatic carbocycles. The molecule has 0 saturated heterocycles. The van der Waals surface area contributed by atoms with Gasteiger partial charge in [0, 0.05) is 5.92 Å². The Morgan fingerprint density at radius 2 is 2.20 bits per heavy atom. The van der Waals surface area contributed by atoms with Gasteiger partial charge < -0.3 is 4.74 Å². The van der Waals surface area contributed by atoms with Crippen molar-refractivity contribution in [1.82, 2.24) is 0 Å². The molecule has 1 unspecified atom stereocenters. The first-order valence-electron chi connectivity index (χ1n) is 4.92. The summed E-state index contributed by atoms with van der Waals surface area (Å²) in [5.41, 5.74) is 1.28. The van der Waals surface area contributed by atoms with Crippen molar-refractivity contribution in [1.29, 1.82) is 0 Å². The molecule has 0 bridgehead atoms. The zero-order chi connectivity index (χ0) is 11.3. The summed E-state index contributed by atoms with van der Waals surface area (Å²) in [6, 6.07) is 6.15. The van der Waals surface area contributed by atoms with Crippen LogP contribution in [0.1, 0.15) is 19.4 Å². The Morgan fingerprint density at radius 1 is 1.47 bits per heavy atom. The molecule has 2 heteroatoms. The average molecular weight is 267 g/mol. The SMILES string of the molecule is CC#CC(C)Cc1ccc(OC)c(Br)c1. The Kier molecular flexibility index (Phi) is 4.71. The van der Waals surface area contributed by atoms with Gasteiger partial charge in [0.1, 0.15) is 5.75 Å². The van der Waals surface area contributed by atoms with E-state index >= 15 is 0 Å². The minimum Gasteiger partial charge on any atom is -0.496 e. The zero-order valence-electron chi connectivity index (χ0n) is 9.30. The molecule has 80 valence electrons. The van der Waals surface area contributed by atoms with E-state index in [2.05, 4.69) is 46.8 Å². The lowest BCUT2D eigenvalue weighted by molar-refractivity contribution is 0.412. The molecular formula is C13H15BrO. The van der Waals surface area contributed by atoms with E-state index in [4.69, 9.17) is 4.74 Å². The Hall–Kier alpha value is -0.940. The first-order valence-corrected chi connectivity index (χ1v) is 5.71. The van der Waals surface area contributed by atoms with Gasteiger partial charge in [0.2, 0.25) is 0 Å². The van der Waals surface area contributed by atoms with E-state index in [9.17, 15) is 0 Å². The molecule has 0 aliphatic heterocycles. The van der Waals surface area contributed by atoms with E-state index in [1.807, 2.05) is 13.0 Å². The van der Waals surface area contributed by atoms with Crippen LogP contribution in [0.3, 0.4) is 0 Å². The smallest absolute Gasteiger partial charge is 0.133 e. The first kappa shape index (κ1) is 12.1. The molecule has 15 heavy (non-hydrogen) atoms. The summed E-state index contributed by atoms with van der Waals surface area (Å²) in [5, 5.41) is 0. The van der Waals surface area contributed by atoms with Crippen LogP contribution < -0.4 is 4.74 Å². The van der Waals surface area contributed by atoms with Gasteiger partial charge in [-0.2, -0.15) is 0 Å². The van der Waals surface area contributed by atoms with E-state index in [0.717, 1.165) is 16.6 Å². The number of hydrogen-bond donors (Lipinski definition) is 0. The van der Waals surface area contributed by atoms with E-state index in [0.29, 0.717) is 5.92 Å². The Balaban J connectivity index is 2.78. The van der Waals surface area contributed by atoms with Crippen LogP contribution in [0.4, 0.5) is 0 Å². The Labute approximate surface area is 100.0 Å². The molecule has 0 heterocycles. The maximum atomic E-state index is 5.18. The van der Waals surface area contributed by atoms with Crippen molar-refractivity contribution in [3.05, 3.63) is 28.2 Å². The second kappa shape index (κ2) is 5.82. The number of ether oxygens (including phenoxy) is 1. The van der Waals surface area contributed by atoms with Crippen molar-refractivity contribution < 1.29 is 4.74 Å². The highest BCUT2D eigenvalue weighted by molar-refractivity contribution is 9.10. The van der Waals surface area contributed by atoms with E-state index in [-0.39, 0.29) is 0 Å². The summed E-state index contributed by atoms with van der Waals surface area (Å²) in [6.07, 6.45) is 0.976. The lowest BCUT2D eigenvalue weighted by Gasteiger charge is -2.07. The van der Waals surface area contributed by atoms with Gasteiger partial charge in [-0.15, -0.1) is 11.8 Å². The van der Waals surface area contributed by atoms with Gasteiger partial charge >= 0.3 is 0 Å². The molecule has 0 saturated carbocycles. The highest BCUT2D eigenvalue weighted by Crippen LogP contribution is 2.26. The molecule has 1 aromatic carbocycles. The molecule has 0 amide bonds. The maximum Gasteiger partial charge on any atom is 0.133 e. The molecule has 1 aromatic rings. The van der Waals surface area contributed by atoms with Crippen LogP contribution in [-0.2, 0) is 6.42 Å². The van der Waals surface area contributed by atoms with Gasteiger partial charge in [0.05, 0.1) is 11.6 Å². The highest BCUT2D eigenvalue weighted by atomic mass is 79.9. The van der Waals surface area contributed by atoms with Crippen molar-refractivity contribution in [2.45, 2.75) is 20.3 Å². The summed E-state index contributed by atoms with van der Waals surface area (Å²) in [4.78, 5) is 0. The van der Waals surface area contributed by atoms with E-state index in [1.54, 1.807) is 7.11 Å². The van der Waals surface area contributed by atoms with Crippen molar-refractivity contribution in [2.24, 2.45) is 5.92 Å². The third-order valence-corrected chi connectivity index (χ3v) is 2.77. The van der Waals surface area contributed by atoms with Crippen molar-refractivity contribution in [3.8, 4) is 17.6 Å². The third kappa shape index (κ3) is 3.60. The van der Waals surface area contributed by atoms with Crippen molar-refractivity contribution in [3.63, 3.8) is 0 Å². The van der Waals surface area contributed by atoms with Crippen LogP contribution in [-0.4, -0.2) is 7.11 Å². The van der Waals surface area contributed by atoms with Gasteiger partial charge in [-0.1, -0.05) is 13.0 Å². The van der Waals surface area contributed by atoms with Crippen LogP contribution in [0.2, 0.25) is 0 Å². The Morgan fingerprint density at radius 3 is 2.73 bits per heavy atom. The fourth-order valence-electron chi connectivity index (χ4n) is 1.49. The molecular weight excluding hydrogens is 252 g/mol. The van der Waals surface area contributed by atoms with E-state index < -0.39 is 0 Å². The fraction of sp³-hybridized carbons (Fsp3) is 0.385. The van der Waals surface area contributed by atoms with Gasteiger partial charge in [0.15, 0.2) is 0 Å². The number of rotatable bonds is 3. The predicted octanol–water partition coefficient (Wildman–Crippen LogP) is 3.66. The van der Waals surface area contributed by atoms with Gasteiger partial charge in [0.25, 0.3) is 0 Å². The predicted molar refractivity (Wildman–Crippen MR) is 67.0 cm³/mol. The van der Waals surface area contributed by atoms with Gasteiger partial charge in [-0.25, -0.2) is 0 Å². The topological polar surface area (TPSA) is 9.23 Å². The van der Waals surface area contributed by atoms with Crippen LogP contribution in [0.5, 0.6) is 5.75 Å². The van der Waals surface area contributed by atoms with Crippen molar-refractivity contribution in [2.75, 3.05) is 7.11 Å². The second-order valence-corrected chi connectivity index (χ2v) is 4.32. The molecule has 0 N–H and O–H groups in total. The van der Waals surface area contributed by atoms with Crippen LogP contribution >= 0.6 is 15.9 Å². The van der Waals surface area contributed by atoms with Gasteiger partial charge in [-0.05, 0) is 47.0 Å². The molecule has 0 fully saturated rings. The molecule has 1 nitrogen and oxygen atoms in total. The number of benzene rings is 1. The number of methoxy groups -OCH3 is 1.